The van der Waals surface area contributed by atoms with E-state index in [2.05, 4.69) is 9.97 Å². The second kappa shape index (κ2) is 9.15. The van der Waals surface area contributed by atoms with Gasteiger partial charge in [0.1, 0.15) is 5.82 Å². The van der Waals surface area contributed by atoms with Gasteiger partial charge in [-0.05, 0) is 49.2 Å². The highest BCUT2D eigenvalue weighted by Crippen LogP contribution is 2.29. The van der Waals surface area contributed by atoms with Crippen LogP contribution in [0.5, 0.6) is 0 Å². The number of morpholine rings is 1. The fraction of sp³-hybridized carbons (Fsp3) is 0.360. The van der Waals surface area contributed by atoms with Crippen LogP contribution >= 0.6 is 0 Å². The minimum absolute atomic E-state index is 0.0399. The summed E-state index contributed by atoms with van der Waals surface area (Å²) < 4.78 is 5.32. The molecule has 2 aliphatic rings. The smallest absolute Gasteiger partial charge is 0.257 e. The number of likely N-dealkylation sites (tertiary alicyclic amines) is 1. The third-order valence-electron chi connectivity index (χ3n) is 6.53. The summed E-state index contributed by atoms with van der Waals surface area (Å²) in [5, 5.41) is 0.963. The zero-order chi connectivity index (χ0) is 22.8. The van der Waals surface area contributed by atoms with Crippen molar-refractivity contribution >= 4 is 28.5 Å². The number of nitrogen functional groups attached to an aromatic ring is 1. The summed E-state index contributed by atoms with van der Waals surface area (Å²) in [4.78, 5) is 38.3. The Kier molecular flexibility index (Phi) is 5.92. The number of nitrogens with zero attached hydrogens (tertiary/aromatic N) is 4. The summed E-state index contributed by atoms with van der Waals surface area (Å²) in [5.41, 5.74) is 9.06. The fourth-order valence-corrected chi connectivity index (χ4v) is 4.61. The lowest BCUT2D eigenvalue weighted by Gasteiger charge is -2.32. The summed E-state index contributed by atoms with van der Waals surface area (Å²) in [6.45, 7) is 3.55. The SMILES string of the molecule is Nc1nc(C2CCN(C(=O)c3ccc4ncccc4c3)CC2)ccc1C(=O)N1CCOCC1. The van der Waals surface area contributed by atoms with E-state index in [1.165, 1.54) is 0 Å². The van der Waals surface area contributed by atoms with Crippen molar-refractivity contribution in [2.45, 2.75) is 18.8 Å². The van der Waals surface area contributed by atoms with Crippen LogP contribution in [0.25, 0.3) is 10.9 Å². The van der Waals surface area contributed by atoms with Crippen LogP contribution in [-0.2, 0) is 4.74 Å². The molecule has 4 heterocycles. The maximum absolute atomic E-state index is 13.0. The number of anilines is 1. The van der Waals surface area contributed by atoms with E-state index in [0.29, 0.717) is 50.5 Å². The van der Waals surface area contributed by atoms with Crippen molar-refractivity contribution in [1.29, 1.82) is 0 Å². The molecule has 2 N–H and O–H groups in total. The molecule has 2 aliphatic heterocycles. The first-order chi connectivity index (χ1) is 16.1. The van der Waals surface area contributed by atoms with Gasteiger partial charge >= 0.3 is 0 Å². The van der Waals surface area contributed by atoms with Crippen LogP contribution in [0.3, 0.4) is 0 Å². The Morgan fingerprint density at radius 2 is 1.70 bits per heavy atom. The van der Waals surface area contributed by atoms with Gasteiger partial charge in [-0.15, -0.1) is 0 Å². The molecule has 0 bridgehead atoms. The maximum Gasteiger partial charge on any atom is 0.257 e. The van der Waals surface area contributed by atoms with Gasteiger partial charge in [-0.3, -0.25) is 14.6 Å². The molecule has 2 fully saturated rings. The number of fused-ring (bicyclic) bond motifs is 1. The van der Waals surface area contributed by atoms with Crippen LogP contribution in [-0.4, -0.2) is 71.0 Å². The number of hydrogen-bond acceptors (Lipinski definition) is 6. The molecule has 170 valence electrons. The Bertz CT molecular complexity index is 1180. The van der Waals surface area contributed by atoms with Gasteiger partial charge < -0.3 is 20.3 Å². The van der Waals surface area contributed by atoms with Crippen molar-refractivity contribution in [2.24, 2.45) is 0 Å². The highest BCUT2D eigenvalue weighted by Gasteiger charge is 2.27. The molecule has 1 aromatic carbocycles. The molecule has 8 heteroatoms. The molecular formula is C25H27N5O3. The van der Waals surface area contributed by atoms with E-state index in [4.69, 9.17) is 10.5 Å². The van der Waals surface area contributed by atoms with Crippen molar-refractivity contribution in [3.8, 4) is 0 Å². The minimum atomic E-state index is -0.0964. The molecular weight excluding hydrogens is 418 g/mol. The molecule has 2 aromatic heterocycles. The lowest BCUT2D eigenvalue weighted by atomic mass is 9.92. The number of piperidine rings is 1. The van der Waals surface area contributed by atoms with E-state index < -0.39 is 0 Å². The molecule has 0 radical (unpaired) electrons. The second-order valence-electron chi connectivity index (χ2n) is 8.55. The van der Waals surface area contributed by atoms with E-state index in [1.54, 1.807) is 17.2 Å². The molecule has 0 spiro atoms. The summed E-state index contributed by atoms with van der Waals surface area (Å²) >= 11 is 0. The van der Waals surface area contributed by atoms with Gasteiger partial charge in [0.15, 0.2) is 0 Å². The predicted octanol–water partition coefficient (Wildman–Crippen LogP) is 2.70. The molecule has 3 aromatic rings. The number of hydrogen-bond donors (Lipinski definition) is 1. The lowest BCUT2D eigenvalue weighted by Crippen LogP contribution is -2.41. The van der Waals surface area contributed by atoms with Gasteiger partial charge in [-0.25, -0.2) is 4.98 Å². The summed E-state index contributed by atoms with van der Waals surface area (Å²) in [6.07, 6.45) is 3.37. The topological polar surface area (TPSA) is 102 Å². The summed E-state index contributed by atoms with van der Waals surface area (Å²) in [6, 6.07) is 13.2. The Morgan fingerprint density at radius 3 is 2.45 bits per heavy atom. The van der Waals surface area contributed by atoms with Gasteiger partial charge in [0.05, 0.1) is 24.3 Å². The number of nitrogens with two attached hydrogens (primary N) is 1. The van der Waals surface area contributed by atoms with Gasteiger partial charge in [-0.1, -0.05) is 6.07 Å². The van der Waals surface area contributed by atoms with Crippen molar-refractivity contribution in [1.82, 2.24) is 19.8 Å². The van der Waals surface area contributed by atoms with Crippen LogP contribution in [0.2, 0.25) is 0 Å². The molecule has 5 rings (SSSR count). The molecule has 0 unspecified atom stereocenters. The van der Waals surface area contributed by atoms with Gasteiger partial charge in [0.25, 0.3) is 11.8 Å². The zero-order valence-electron chi connectivity index (χ0n) is 18.4. The Hall–Kier alpha value is -3.52. The number of aromatic nitrogens is 2. The Morgan fingerprint density at radius 1 is 0.939 bits per heavy atom. The number of rotatable bonds is 3. The molecule has 2 saturated heterocycles. The van der Waals surface area contributed by atoms with Gasteiger partial charge in [-0.2, -0.15) is 0 Å². The molecule has 8 nitrogen and oxygen atoms in total. The standard InChI is InChI=1S/C25H27N5O3/c26-23-20(25(32)30-12-14-33-15-13-30)4-6-22(28-23)17-7-10-29(11-8-17)24(31)19-3-5-21-18(16-19)2-1-9-27-21/h1-6,9,16-17H,7-8,10-15H2,(H2,26,28). The number of carbonyl (C=O) groups is 2. The van der Waals surface area contributed by atoms with Crippen molar-refractivity contribution < 1.29 is 14.3 Å². The Labute approximate surface area is 192 Å². The lowest BCUT2D eigenvalue weighted by molar-refractivity contribution is 0.0303. The normalized spacial score (nSPS) is 17.3. The van der Waals surface area contributed by atoms with Crippen LogP contribution in [0.15, 0.2) is 48.7 Å². The van der Waals surface area contributed by atoms with E-state index in [-0.39, 0.29) is 23.6 Å². The van der Waals surface area contributed by atoms with E-state index in [0.717, 1.165) is 29.4 Å². The molecule has 2 amide bonds. The van der Waals surface area contributed by atoms with Gasteiger partial charge in [0.2, 0.25) is 0 Å². The first-order valence-corrected chi connectivity index (χ1v) is 11.4. The van der Waals surface area contributed by atoms with Crippen molar-refractivity contribution in [3.63, 3.8) is 0 Å². The monoisotopic (exact) mass is 445 g/mol. The number of pyridine rings is 2. The number of ether oxygens (including phenoxy) is 1. The highest BCUT2D eigenvalue weighted by molar-refractivity contribution is 5.99. The highest BCUT2D eigenvalue weighted by atomic mass is 16.5. The number of carbonyl (C=O) groups excluding carboxylic acids is 2. The average molecular weight is 446 g/mol. The van der Waals surface area contributed by atoms with Crippen LogP contribution in [0.1, 0.15) is 45.2 Å². The Balaban J connectivity index is 1.23. The number of benzene rings is 1. The third-order valence-corrected chi connectivity index (χ3v) is 6.53. The minimum Gasteiger partial charge on any atom is -0.383 e. The largest absolute Gasteiger partial charge is 0.383 e. The maximum atomic E-state index is 13.0. The van der Waals surface area contributed by atoms with Crippen LogP contribution in [0.4, 0.5) is 5.82 Å². The first kappa shape index (κ1) is 21.3. The van der Waals surface area contributed by atoms with Crippen molar-refractivity contribution in [3.05, 3.63) is 65.5 Å². The van der Waals surface area contributed by atoms with E-state index in [9.17, 15) is 9.59 Å². The van der Waals surface area contributed by atoms with Crippen molar-refractivity contribution in [2.75, 3.05) is 45.1 Å². The molecule has 0 atom stereocenters. The summed E-state index contributed by atoms with van der Waals surface area (Å²) in [5.74, 6) is 0.427. The fourth-order valence-electron chi connectivity index (χ4n) is 4.61. The summed E-state index contributed by atoms with van der Waals surface area (Å²) in [7, 11) is 0. The quantitative estimate of drug-likeness (QED) is 0.665. The molecule has 0 aliphatic carbocycles. The molecule has 33 heavy (non-hydrogen) atoms. The average Bonchev–Trinajstić information content (AvgIpc) is 2.88. The first-order valence-electron chi connectivity index (χ1n) is 11.4. The third kappa shape index (κ3) is 4.39. The number of amides is 2. The van der Waals surface area contributed by atoms with Crippen LogP contribution < -0.4 is 5.73 Å². The zero-order valence-corrected chi connectivity index (χ0v) is 18.4. The van der Waals surface area contributed by atoms with Crippen LogP contribution in [0, 0.1) is 0 Å². The van der Waals surface area contributed by atoms with Gasteiger partial charge in [0, 0.05) is 54.9 Å². The second-order valence-corrected chi connectivity index (χ2v) is 8.55. The predicted molar refractivity (Wildman–Crippen MR) is 125 cm³/mol. The van der Waals surface area contributed by atoms with E-state index in [1.807, 2.05) is 41.3 Å². The molecule has 0 saturated carbocycles. The van der Waals surface area contributed by atoms with E-state index >= 15 is 0 Å².